The van der Waals surface area contributed by atoms with Crippen LogP contribution in [0.3, 0.4) is 0 Å². The van der Waals surface area contributed by atoms with E-state index < -0.39 is 17.7 Å². The molecule has 3 aromatic rings. The van der Waals surface area contributed by atoms with Crippen LogP contribution in [-0.2, 0) is 16.2 Å². The fourth-order valence-corrected chi connectivity index (χ4v) is 4.71. The summed E-state index contributed by atoms with van der Waals surface area (Å²) in [5.41, 5.74) is 3.61. The van der Waals surface area contributed by atoms with Crippen molar-refractivity contribution in [2.75, 3.05) is 26.2 Å². The van der Waals surface area contributed by atoms with Gasteiger partial charge in [0.15, 0.2) is 0 Å². The lowest BCUT2D eigenvalue weighted by Gasteiger charge is -2.28. The molecule has 0 radical (unpaired) electrons. The number of likely N-dealkylation sites (tertiary alicyclic amines) is 1. The van der Waals surface area contributed by atoms with Crippen molar-refractivity contribution in [2.24, 2.45) is 0 Å². The average molecular weight is 499 g/mol. The molecule has 6 nitrogen and oxygen atoms in total. The van der Waals surface area contributed by atoms with Gasteiger partial charge in [0.25, 0.3) is 11.7 Å². The number of aliphatic hydroxyl groups excluding tert-OH is 1. The first-order chi connectivity index (χ1) is 17.9. The minimum absolute atomic E-state index is 0.115. The van der Waals surface area contributed by atoms with Gasteiger partial charge in [0.1, 0.15) is 18.1 Å². The van der Waals surface area contributed by atoms with Gasteiger partial charge in [0.05, 0.1) is 11.6 Å². The van der Waals surface area contributed by atoms with Crippen molar-refractivity contribution < 1.29 is 19.4 Å². The molecule has 3 aromatic carbocycles. The Labute approximate surface area is 218 Å². The second-order valence-corrected chi connectivity index (χ2v) is 9.23. The van der Waals surface area contributed by atoms with Crippen LogP contribution >= 0.6 is 0 Å². The molecular formula is C31H34N2O4. The van der Waals surface area contributed by atoms with E-state index in [1.54, 1.807) is 29.2 Å². The summed E-state index contributed by atoms with van der Waals surface area (Å²) in [5, 5.41) is 11.3. The van der Waals surface area contributed by atoms with Gasteiger partial charge in [-0.15, -0.1) is 0 Å². The maximum Gasteiger partial charge on any atom is 0.295 e. The number of carbonyl (C=O) groups is 2. The maximum absolute atomic E-state index is 13.2. The van der Waals surface area contributed by atoms with Crippen molar-refractivity contribution in [3.8, 4) is 5.75 Å². The average Bonchev–Trinajstić information content (AvgIpc) is 3.18. The summed E-state index contributed by atoms with van der Waals surface area (Å²) in [4.78, 5) is 30.1. The van der Waals surface area contributed by atoms with E-state index in [1.807, 2.05) is 55.5 Å². The molecule has 1 saturated heterocycles. The van der Waals surface area contributed by atoms with Crippen LogP contribution in [0.15, 0.2) is 84.4 Å². The number of hydrogen-bond acceptors (Lipinski definition) is 5. The number of benzene rings is 3. The summed E-state index contributed by atoms with van der Waals surface area (Å²) in [5.74, 6) is -0.772. The molecule has 1 heterocycles. The number of ketones is 1. The lowest BCUT2D eigenvalue weighted by molar-refractivity contribution is -0.140. The lowest BCUT2D eigenvalue weighted by Crippen LogP contribution is -2.38. The van der Waals surface area contributed by atoms with Crippen LogP contribution in [0.25, 0.3) is 5.76 Å². The van der Waals surface area contributed by atoms with Gasteiger partial charge in [-0.25, -0.2) is 0 Å². The molecule has 1 aliphatic heterocycles. The highest BCUT2D eigenvalue weighted by molar-refractivity contribution is 6.46. The number of likely N-dealkylation sites (N-methyl/N-ethyl adjacent to an activating group) is 1. The van der Waals surface area contributed by atoms with Crippen molar-refractivity contribution in [2.45, 2.75) is 33.4 Å². The highest BCUT2D eigenvalue weighted by atomic mass is 16.5. The number of carbonyl (C=O) groups excluding carboxylic acids is 2. The number of nitrogens with zero attached hydrogens (tertiary/aromatic N) is 2. The number of amides is 1. The molecule has 4 rings (SSSR count). The van der Waals surface area contributed by atoms with E-state index in [0.29, 0.717) is 31.0 Å². The van der Waals surface area contributed by atoms with E-state index in [-0.39, 0.29) is 11.3 Å². The number of aryl methyl sites for hydroxylation is 1. The predicted molar refractivity (Wildman–Crippen MR) is 145 cm³/mol. The molecule has 192 valence electrons. The summed E-state index contributed by atoms with van der Waals surface area (Å²) in [6.45, 7) is 9.37. The maximum atomic E-state index is 13.2. The minimum atomic E-state index is -0.661. The Hall–Kier alpha value is -3.90. The number of hydrogen-bond donors (Lipinski definition) is 1. The Kier molecular flexibility index (Phi) is 8.41. The predicted octanol–water partition coefficient (Wildman–Crippen LogP) is 5.34. The monoisotopic (exact) mass is 498 g/mol. The van der Waals surface area contributed by atoms with E-state index in [4.69, 9.17) is 4.74 Å². The number of rotatable bonds is 10. The van der Waals surface area contributed by atoms with Crippen molar-refractivity contribution in [1.82, 2.24) is 9.80 Å². The van der Waals surface area contributed by atoms with Crippen molar-refractivity contribution >= 4 is 17.4 Å². The third-order valence-electron chi connectivity index (χ3n) is 6.82. The molecule has 37 heavy (non-hydrogen) atoms. The largest absolute Gasteiger partial charge is 0.507 e. The van der Waals surface area contributed by atoms with Crippen molar-refractivity contribution in [3.05, 3.63) is 107 Å². The van der Waals surface area contributed by atoms with Crippen LogP contribution in [0.5, 0.6) is 5.75 Å². The zero-order valence-electron chi connectivity index (χ0n) is 21.7. The third kappa shape index (κ3) is 5.92. The Balaban J connectivity index is 1.61. The summed E-state index contributed by atoms with van der Waals surface area (Å²) < 4.78 is 5.90. The molecule has 0 aliphatic carbocycles. The Morgan fingerprint density at radius 2 is 1.65 bits per heavy atom. The lowest BCUT2D eigenvalue weighted by atomic mass is 9.95. The third-order valence-corrected chi connectivity index (χ3v) is 6.82. The number of aliphatic hydroxyl groups is 1. The van der Waals surface area contributed by atoms with Gasteiger partial charge in [0, 0.05) is 18.7 Å². The molecule has 6 heteroatoms. The molecule has 0 unspecified atom stereocenters. The molecule has 0 saturated carbocycles. The molecule has 1 N–H and O–H groups in total. The SMILES string of the molecule is CCN(CC)CCN1C(=O)C(=O)/C(=C(/O)c2ccc(OCc3cccc(C)c3)cc2)[C@H]1c1ccccc1. The second kappa shape index (κ2) is 11.9. The first-order valence-corrected chi connectivity index (χ1v) is 12.8. The van der Waals surface area contributed by atoms with Gasteiger partial charge in [-0.1, -0.05) is 74.0 Å². The highest BCUT2D eigenvalue weighted by Gasteiger charge is 2.45. The topological polar surface area (TPSA) is 70.1 Å². The van der Waals surface area contributed by atoms with Gasteiger partial charge >= 0.3 is 0 Å². The second-order valence-electron chi connectivity index (χ2n) is 9.23. The van der Waals surface area contributed by atoms with E-state index in [9.17, 15) is 14.7 Å². The Bertz CT molecular complexity index is 1260. The zero-order valence-corrected chi connectivity index (χ0v) is 21.7. The van der Waals surface area contributed by atoms with Gasteiger partial charge < -0.3 is 19.6 Å². The van der Waals surface area contributed by atoms with Crippen molar-refractivity contribution in [1.29, 1.82) is 0 Å². The van der Waals surface area contributed by atoms with E-state index >= 15 is 0 Å². The summed E-state index contributed by atoms with van der Waals surface area (Å²) in [6, 6.07) is 23.8. The number of ether oxygens (including phenoxy) is 1. The Morgan fingerprint density at radius 3 is 2.30 bits per heavy atom. The zero-order chi connectivity index (χ0) is 26.4. The summed E-state index contributed by atoms with van der Waals surface area (Å²) in [6.07, 6.45) is 0. The smallest absolute Gasteiger partial charge is 0.295 e. The fourth-order valence-electron chi connectivity index (χ4n) is 4.71. The fraction of sp³-hybridized carbons (Fsp3) is 0.290. The Morgan fingerprint density at radius 1 is 0.946 bits per heavy atom. The number of Topliss-reactive ketones (excluding diaryl/α,β-unsaturated/α-hetero) is 1. The molecule has 0 spiro atoms. The molecule has 0 aromatic heterocycles. The van der Waals surface area contributed by atoms with Crippen LogP contribution < -0.4 is 4.74 Å². The molecular weight excluding hydrogens is 464 g/mol. The van der Waals surface area contributed by atoms with E-state index in [1.165, 1.54) is 5.56 Å². The van der Waals surface area contributed by atoms with Crippen LogP contribution in [0.2, 0.25) is 0 Å². The van der Waals surface area contributed by atoms with Crippen molar-refractivity contribution in [3.63, 3.8) is 0 Å². The van der Waals surface area contributed by atoms with Crippen LogP contribution in [-0.4, -0.2) is 52.8 Å². The molecule has 0 bridgehead atoms. The first kappa shape index (κ1) is 26.2. The van der Waals surface area contributed by atoms with Gasteiger partial charge in [-0.05, 0) is 55.4 Å². The van der Waals surface area contributed by atoms with Gasteiger partial charge in [0.2, 0.25) is 0 Å². The normalized spacial score (nSPS) is 17.0. The van der Waals surface area contributed by atoms with E-state index in [0.717, 1.165) is 24.2 Å². The van der Waals surface area contributed by atoms with Crippen LogP contribution in [0.1, 0.15) is 42.1 Å². The first-order valence-electron chi connectivity index (χ1n) is 12.8. The van der Waals surface area contributed by atoms with Crippen LogP contribution in [0.4, 0.5) is 0 Å². The van der Waals surface area contributed by atoms with Gasteiger partial charge in [-0.3, -0.25) is 9.59 Å². The van der Waals surface area contributed by atoms with Gasteiger partial charge in [-0.2, -0.15) is 0 Å². The molecule has 1 fully saturated rings. The summed E-state index contributed by atoms with van der Waals surface area (Å²) in [7, 11) is 0. The standard InChI is InChI=1S/C31H34N2O4/c1-4-32(5-2)18-19-33-28(24-12-7-6-8-13-24)27(30(35)31(33)36)29(34)25-14-16-26(17-15-25)37-21-23-11-9-10-22(3)20-23/h6-17,20,28,34H,4-5,18-19,21H2,1-3H3/b29-27+/t28-/m1/s1. The quantitative estimate of drug-likeness (QED) is 0.232. The van der Waals surface area contributed by atoms with Crippen LogP contribution in [0, 0.1) is 6.92 Å². The molecule has 1 aliphatic rings. The molecule has 1 atom stereocenters. The van der Waals surface area contributed by atoms with E-state index in [2.05, 4.69) is 24.8 Å². The highest BCUT2D eigenvalue weighted by Crippen LogP contribution is 2.39. The summed E-state index contributed by atoms with van der Waals surface area (Å²) >= 11 is 0. The molecule has 1 amide bonds. The minimum Gasteiger partial charge on any atom is -0.507 e.